The Balaban J connectivity index is 2.48. The first kappa shape index (κ1) is 13.5. The molecule has 92 valence electrons. The van der Waals surface area contributed by atoms with Gasteiger partial charge in [0.05, 0.1) is 12.0 Å². The number of rotatable bonds is 5. The van der Waals surface area contributed by atoms with Crippen molar-refractivity contribution in [1.82, 2.24) is 4.90 Å². The van der Waals surface area contributed by atoms with Crippen molar-refractivity contribution in [3.8, 4) is 6.07 Å². The first-order valence-electron chi connectivity index (χ1n) is 6.84. The Morgan fingerprint density at radius 2 is 2.12 bits per heavy atom. The highest BCUT2D eigenvalue weighted by Gasteiger charge is 2.25. The molecule has 0 saturated heterocycles. The zero-order valence-corrected chi connectivity index (χ0v) is 11.1. The van der Waals surface area contributed by atoms with Crippen LogP contribution in [0.5, 0.6) is 0 Å². The predicted molar refractivity (Wildman–Crippen MR) is 68.1 cm³/mol. The van der Waals surface area contributed by atoms with E-state index in [0.29, 0.717) is 0 Å². The molecule has 16 heavy (non-hydrogen) atoms. The quantitative estimate of drug-likeness (QED) is 0.712. The Labute approximate surface area is 101 Å². The summed E-state index contributed by atoms with van der Waals surface area (Å²) in [7, 11) is 0. The Kier molecular flexibility index (Phi) is 5.84. The van der Waals surface area contributed by atoms with Gasteiger partial charge in [-0.25, -0.2) is 0 Å². The molecule has 0 bridgehead atoms. The highest BCUT2D eigenvalue weighted by Crippen LogP contribution is 2.29. The van der Waals surface area contributed by atoms with Crippen molar-refractivity contribution >= 4 is 0 Å². The summed E-state index contributed by atoms with van der Waals surface area (Å²) >= 11 is 0. The molecule has 0 aromatic rings. The Morgan fingerprint density at radius 3 is 2.69 bits per heavy atom. The summed E-state index contributed by atoms with van der Waals surface area (Å²) in [6, 6.07) is 3.09. The maximum absolute atomic E-state index is 8.90. The molecule has 0 amide bonds. The highest BCUT2D eigenvalue weighted by molar-refractivity contribution is 4.85. The van der Waals surface area contributed by atoms with Crippen LogP contribution in [0, 0.1) is 23.2 Å². The number of hydrogen-bond acceptors (Lipinski definition) is 2. The SMILES string of the molecule is CCC1CCCC(N(CC)CC(C)C#N)C1. The third kappa shape index (κ3) is 3.79. The van der Waals surface area contributed by atoms with Gasteiger partial charge in [0.2, 0.25) is 0 Å². The molecule has 2 heteroatoms. The maximum Gasteiger partial charge on any atom is 0.0666 e. The molecule has 0 aliphatic heterocycles. The summed E-state index contributed by atoms with van der Waals surface area (Å²) < 4.78 is 0. The topological polar surface area (TPSA) is 27.0 Å². The van der Waals surface area contributed by atoms with Gasteiger partial charge in [0.1, 0.15) is 0 Å². The van der Waals surface area contributed by atoms with Gasteiger partial charge in [0.25, 0.3) is 0 Å². The fraction of sp³-hybridized carbons (Fsp3) is 0.929. The van der Waals surface area contributed by atoms with Gasteiger partial charge in [-0.15, -0.1) is 0 Å². The molecular formula is C14H26N2. The maximum atomic E-state index is 8.90. The van der Waals surface area contributed by atoms with E-state index in [1.807, 2.05) is 6.92 Å². The second-order valence-corrected chi connectivity index (χ2v) is 5.21. The smallest absolute Gasteiger partial charge is 0.0666 e. The van der Waals surface area contributed by atoms with Crippen LogP contribution in [0.4, 0.5) is 0 Å². The summed E-state index contributed by atoms with van der Waals surface area (Å²) in [5.41, 5.74) is 0. The van der Waals surface area contributed by atoms with E-state index in [9.17, 15) is 0 Å². The largest absolute Gasteiger partial charge is 0.299 e. The molecule has 0 aromatic carbocycles. The third-order valence-electron chi connectivity index (χ3n) is 3.98. The van der Waals surface area contributed by atoms with E-state index in [1.54, 1.807) is 0 Å². The average molecular weight is 222 g/mol. The molecule has 3 unspecified atom stereocenters. The molecule has 3 atom stereocenters. The molecule has 0 radical (unpaired) electrons. The average Bonchev–Trinajstić information content (AvgIpc) is 2.35. The van der Waals surface area contributed by atoms with Gasteiger partial charge < -0.3 is 0 Å². The lowest BCUT2D eigenvalue weighted by atomic mass is 9.83. The normalized spacial score (nSPS) is 27.7. The summed E-state index contributed by atoms with van der Waals surface area (Å²) in [6.45, 7) is 8.60. The lowest BCUT2D eigenvalue weighted by Gasteiger charge is -2.37. The molecule has 1 aliphatic rings. The first-order chi connectivity index (χ1) is 7.71. The molecule has 0 aromatic heterocycles. The van der Waals surface area contributed by atoms with Crippen LogP contribution in [0.1, 0.15) is 52.9 Å². The van der Waals surface area contributed by atoms with Crippen LogP contribution in [0.25, 0.3) is 0 Å². The Hall–Kier alpha value is -0.550. The van der Waals surface area contributed by atoms with E-state index >= 15 is 0 Å². The monoisotopic (exact) mass is 222 g/mol. The minimum absolute atomic E-state index is 0.168. The lowest BCUT2D eigenvalue weighted by Crippen LogP contribution is -2.40. The van der Waals surface area contributed by atoms with Crippen molar-refractivity contribution in [3.63, 3.8) is 0 Å². The standard InChI is InChI=1S/C14H26N2/c1-4-13-7-6-8-14(9-13)16(5-2)11-12(3)10-15/h12-14H,4-9,11H2,1-3H3. The van der Waals surface area contributed by atoms with Gasteiger partial charge in [-0.2, -0.15) is 5.26 Å². The minimum atomic E-state index is 0.168. The van der Waals surface area contributed by atoms with Crippen LogP contribution < -0.4 is 0 Å². The molecule has 1 aliphatic carbocycles. The third-order valence-corrected chi connectivity index (χ3v) is 3.98. The predicted octanol–water partition coefficient (Wildman–Crippen LogP) is 3.44. The van der Waals surface area contributed by atoms with E-state index in [-0.39, 0.29) is 5.92 Å². The molecule has 0 heterocycles. The van der Waals surface area contributed by atoms with Crippen LogP contribution in [0.15, 0.2) is 0 Å². The van der Waals surface area contributed by atoms with E-state index < -0.39 is 0 Å². The number of nitrogens with zero attached hydrogens (tertiary/aromatic N) is 2. The van der Waals surface area contributed by atoms with Gasteiger partial charge in [0.15, 0.2) is 0 Å². The van der Waals surface area contributed by atoms with Crippen molar-refractivity contribution in [2.24, 2.45) is 11.8 Å². The number of nitriles is 1. The van der Waals surface area contributed by atoms with Crippen LogP contribution in [0.2, 0.25) is 0 Å². The van der Waals surface area contributed by atoms with Gasteiger partial charge in [0, 0.05) is 12.6 Å². The zero-order valence-electron chi connectivity index (χ0n) is 11.1. The summed E-state index contributed by atoms with van der Waals surface area (Å²) in [4.78, 5) is 2.52. The van der Waals surface area contributed by atoms with Crippen molar-refractivity contribution in [3.05, 3.63) is 0 Å². The molecule has 1 saturated carbocycles. The zero-order chi connectivity index (χ0) is 12.0. The van der Waals surface area contributed by atoms with E-state index in [0.717, 1.165) is 25.0 Å². The fourth-order valence-corrected chi connectivity index (χ4v) is 2.89. The Morgan fingerprint density at radius 1 is 1.38 bits per heavy atom. The van der Waals surface area contributed by atoms with Crippen molar-refractivity contribution in [2.45, 2.75) is 58.9 Å². The molecule has 1 rings (SSSR count). The second-order valence-electron chi connectivity index (χ2n) is 5.21. The molecule has 0 N–H and O–H groups in total. The van der Waals surface area contributed by atoms with E-state index in [1.165, 1.54) is 32.1 Å². The number of hydrogen-bond donors (Lipinski definition) is 0. The van der Waals surface area contributed by atoms with Crippen molar-refractivity contribution in [1.29, 1.82) is 5.26 Å². The fourth-order valence-electron chi connectivity index (χ4n) is 2.89. The van der Waals surface area contributed by atoms with Gasteiger partial charge in [-0.1, -0.05) is 33.1 Å². The second kappa shape index (κ2) is 6.91. The van der Waals surface area contributed by atoms with Crippen LogP contribution in [-0.2, 0) is 0 Å². The summed E-state index contributed by atoms with van der Waals surface area (Å²) in [6.07, 6.45) is 6.80. The van der Waals surface area contributed by atoms with Crippen molar-refractivity contribution < 1.29 is 0 Å². The van der Waals surface area contributed by atoms with E-state index in [4.69, 9.17) is 5.26 Å². The Bertz CT molecular complexity index is 231. The molecule has 0 spiro atoms. The van der Waals surface area contributed by atoms with Crippen LogP contribution >= 0.6 is 0 Å². The molecular weight excluding hydrogens is 196 g/mol. The van der Waals surface area contributed by atoms with E-state index in [2.05, 4.69) is 24.8 Å². The highest BCUT2D eigenvalue weighted by atomic mass is 15.1. The van der Waals surface area contributed by atoms with Crippen molar-refractivity contribution in [2.75, 3.05) is 13.1 Å². The van der Waals surface area contributed by atoms with Gasteiger partial charge in [-0.3, -0.25) is 4.90 Å². The summed E-state index contributed by atoms with van der Waals surface area (Å²) in [5, 5.41) is 8.90. The first-order valence-corrected chi connectivity index (χ1v) is 6.84. The lowest BCUT2D eigenvalue weighted by molar-refractivity contribution is 0.126. The van der Waals surface area contributed by atoms with Crippen LogP contribution in [0.3, 0.4) is 0 Å². The summed E-state index contributed by atoms with van der Waals surface area (Å²) in [5.74, 6) is 1.09. The van der Waals surface area contributed by atoms with Gasteiger partial charge in [-0.05, 0) is 32.2 Å². The van der Waals surface area contributed by atoms with Crippen LogP contribution in [-0.4, -0.2) is 24.0 Å². The van der Waals surface area contributed by atoms with Gasteiger partial charge >= 0.3 is 0 Å². The minimum Gasteiger partial charge on any atom is -0.299 e. The molecule has 2 nitrogen and oxygen atoms in total. The molecule has 1 fully saturated rings.